The van der Waals surface area contributed by atoms with Crippen molar-refractivity contribution in [3.63, 3.8) is 0 Å². The summed E-state index contributed by atoms with van der Waals surface area (Å²) in [5.74, 6) is -4.92. The molecule has 4 unspecified atom stereocenters. The van der Waals surface area contributed by atoms with Crippen LogP contribution in [0.4, 0.5) is 0 Å². The zero-order valence-corrected chi connectivity index (χ0v) is 20.6. The van der Waals surface area contributed by atoms with Crippen LogP contribution < -0.4 is 33.2 Å². The zero-order valence-electron chi connectivity index (χ0n) is 20.6. The van der Waals surface area contributed by atoms with E-state index in [0.29, 0.717) is 0 Å². The van der Waals surface area contributed by atoms with Crippen molar-refractivity contribution in [1.82, 2.24) is 16.0 Å². The number of benzene rings is 1. The number of carboxylic acid groups (broad SMARTS) is 2. The maximum absolute atomic E-state index is 13.0. The van der Waals surface area contributed by atoms with Gasteiger partial charge in [0.1, 0.15) is 18.1 Å². The van der Waals surface area contributed by atoms with E-state index in [0.717, 1.165) is 5.56 Å². The Morgan fingerprint density at radius 2 is 1.46 bits per heavy atom. The number of guanidine groups is 1. The van der Waals surface area contributed by atoms with Crippen molar-refractivity contribution in [2.45, 2.75) is 63.2 Å². The fourth-order valence-electron chi connectivity index (χ4n) is 3.20. The summed E-state index contributed by atoms with van der Waals surface area (Å²) in [4.78, 5) is 64.4. The first-order chi connectivity index (χ1) is 17.4. The Balaban J connectivity index is 2.97. The second-order valence-electron chi connectivity index (χ2n) is 8.37. The summed E-state index contributed by atoms with van der Waals surface area (Å²) in [6, 6.07) is 4.18. The Hall–Kier alpha value is -4.20. The number of amides is 3. The number of aliphatic imine (C=N–C) groups is 1. The van der Waals surface area contributed by atoms with Crippen LogP contribution in [0.25, 0.3) is 0 Å². The first kappa shape index (κ1) is 30.8. The minimum atomic E-state index is -1.31. The summed E-state index contributed by atoms with van der Waals surface area (Å²) in [5.41, 5.74) is 17.3. The van der Waals surface area contributed by atoms with E-state index in [2.05, 4.69) is 20.9 Å². The number of hydrogen-bond acceptors (Lipinski definition) is 7. The van der Waals surface area contributed by atoms with E-state index in [1.807, 2.05) is 6.07 Å². The number of rotatable bonds is 16. The maximum atomic E-state index is 13.0. The lowest BCUT2D eigenvalue weighted by atomic mass is 10.0. The Labute approximate surface area is 214 Å². The normalized spacial score (nSPS) is 13.8. The van der Waals surface area contributed by atoms with Gasteiger partial charge in [-0.2, -0.15) is 0 Å². The molecule has 14 nitrogen and oxygen atoms in total. The summed E-state index contributed by atoms with van der Waals surface area (Å²) >= 11 is 0. The van der Waals surface area contributed by atoms with E-state index in [1.54, 1.807) is 24.3 Å². The maximum Gasteiger partial charge on any atom is 0.325 e. The summed E-state index contributed by atoms with van der Waals surface area (Å²) in [6.45, 7) is 1.40. The fraction of sp³-hybridized carbons (Fsp3) is 0.478. The molecule has 0 saturated carbocycles. The topological polar surface area (TPSA) is 252 Å². The highest BCUT2D eigenvalue weighted by molar-refractivity contribution is 5.94. The van der Waals surface area contributed by atoms with Gasteiger partial charge in [-0.05, 0) is 38.2 Å². The number of aliphatic carboxylic acids is 2. The molecule has 0 aliphatic heterocycles. The van der Waals surface area contributed by atoms with Crippen molar-refractivity contribution in [3.8, 4) is 0 Å². The van der Waals surface area contributed by atoms with E-state index in [-0.39, 0.29) is 38.2 Å². The van der Waals surface area contributed by atoms with Gasteiger partial charge in [-0.1, -0.05) is 30.3 Å². The highest BCUT2D eigenvalue weighted by atomic mass is 16.4. The van der Waals surface area contributed by atoms with Crippen LogP contribution in [0, 0.1) is 0 Å². The first-order valence-corrected chi connectivity index (χ1v) is 11.6. The molecule has 4 atom stereocenters. The van der Waals surface area contributed by atoms with Gasteiger partial charge in [0.2, 0.25) is 17.7 Å². The van der Waals surface area contributed by atoms with Crippen LogP contribution in [0.3, 0.4) is 0 Å². The highest BCUT2D eigenvalue weighted by Gasteiger charge is 2.29. The monoisotopic (exact) mass is 521 g/mol. The summed E-state index contributed by atoms with van der Waals surface area (Å²) < 4.78 is 0. The lowest BCUT2D eigenvalue weighted by Gasteiger charge is -2.24. The number of nitrogens with two attached hydrogens (primary N) is 3. The van der Waals surface area contributed by atoms with Gasteiger partial charge < -0.3 is 43.4 Å². The van der Waals surface area contributed by atoms with E-state index in [4.69, 9.17) is 27.4 Å². The second kappa shape index (κ2) is 15.7. The van der Waals surface area contributed by atoms with Crippen molar-refractivity contribution < 1.29 is 34.2 Å². The number of nitrogens with zero attached hydrogens (tertiary/aromatic N) is 1. The molecule has 11 N–H and O–H groups in total. The lowest BCUT2D eigenvalue weighted by molar-refractivity contribution is -0.141. The molecule has 3 amide bonds. The average molecular weight is 522 g/mol. The molecule has 14 heteroatoms. The van der Waals surface area contributed by atoms with Crippen LogP contribution in [0.2, 0.25) is 0 Å². The quantitative estimate of drug-likeness (QED) is 0.0676. The molecule has 0 aromatic heterocycles. The van der Waals surface area contributed by atoms with Crippen LogP contribution >= 0.6 is 0 Å². The Morgan fingerprint density at radius 3 is 2.03 bits per heavy atom. The van der Waals surface area contributed by atoms with Gasteiger partial charge >= 0.3 is 11.9 Å². The predicted molar refractivity (Wildman–Crippen MR) is 134 cm³/mol. The second-order valence-corrected chi connectivity index (χ2v) is 8.37. The summed E-state index contributed by atoms with van der Waals surface area (Å²) in [6.07, 6.45) is -0.231. The van der Waals surface area contributed by atoms with Crippen LogP contribution in [0.5, 0.6) is 0 Å². The fourth-order valence-corrected chi connectivity index (χ4v) is 3.20. The molecule has 0 fully saturated rings. The third-order valence-corrected chi connectivity index (χ3v) is 5.22. The Morgan fingerprint density at radius 1 is 0.892 bits per heavy atom. The third kappa shape index (κ3) is 12.4. The number of carboxylic acids is 2. The van der Waals surface area contributed by atoms with E-state index < -0.39 is 60.2 Å². The molecule has 0 spiro atoms. The standard InChI is InChI=1S/C23H35N7O7/c1-13(22(36)37)28-20(34)16(8-5-11-27-23(25)26)30-21(35)17(9-10-18(31)32)29-19(33)15(24)12-14-6-3-2-4-7-14/h2-4,6-7,13,15-17H,5,8-12,24H2,1H3,(H,28,34)(H,29,33)(H,30,35)(H,31,32)(H,36,37)(H4,25,26,27). The van der Waals surface area contributed by atoms with Gasteiger partial charge in [0.15, 0.2) is 5.96 Å². The van der Waals surface area contributed by atoms with Crippen LogP contribution in [0.15, 0.2) is 35.3 Å². The van der Waals surface area contributed by atoms with Crippen LogP contribution in [-0.4, -0.2) is 76.5 Å². The third-order valence-electron chi connectivity index (χ3n) is 5.22. The molecule has 0 radical (unpaired) electrons. The minimum absolute atomic E-state index is 0.0355. The molecule has 1 aromatic carbocycles. The molecule has 204 valence electrons. The molecule has 0 heterocycles. The van der Waals surface area contributed by atoms with Gasteiger partial charge in [-0.25, -0.2) is 0 Å². The average Bonchev–Trinajstić information content (AvgIpc) is 2.83. The number of carbonyl (C=O) groups is 5. The van der Waals surface area contributed by atoms with Gasteiger partial charge in [-0.3, -0.25) is 29.0 Å². The van der Waals surface area contributed by atoms with Crippen molar-refractivity contribution in [1.29, 1.82) is 0 Å². The lowest BCUT2D eigenvalue weighted by Crippen LogP contribution is -2.57. The van der Waals surface area contributed by atoms with Crippen LogP contribution in [0.1, 0.15) is 38.2 Å². The van der Waals surface area contributed by atoms with Crippen molar-refractivity contribution >= 4 is 35.6 Å². The Bertz CT molecular complexity index is 967. The molecule has 1 rings (SSSR count). The highest BCUT2D eigenvalue weighted by Crippen LogP contribution is 2.06. The molecule has 1 aromatic rings. The van der Waals surface area contributed by atoms with E-state index in [1.165, 1.54) is 6.92 Å². The zero-order chi connectivity index (χ0) is 28.0. The Kier molecular flexibility index (Phi) is 13.1. The van der Waals surface area contributed by atoms with E-state index in [9.17, 15) is 24.0 Å². The van der Waals surface area contributed by atoms with Gasteiger partial charge in [-0.15, -0.1) is 0 Å². The molecule has 0 aliphatic carbocycles. The minimum Gasteiger partial charge on any atom is -0.481 e. The summed E-state index contributed by atoms with van der Waals surface area (Å²) in [7, 11) is 0. The van der Waals surface area contributed by atoms with Crippen LogP contribution in [-0.2, 0) is 30.4 Å². The molecule has 37 heavy (non-hydrogen) atoms. The van der Waals surface area contributed by atoms with Crippen molar-refractivity contribution in [2.24, 2.45) is 22.2 Å². The van der Waals surface area contributed by atoms with E-state index >= 15 is 0 Å². The molecule has 0 saturated heterocycles. The van der Waals surface area contributed by atoms with Gasteiger partial charge in [0.25, 0.3) is 0 Å². The van der Waals surface area contributed by atoms with Gasteiger partial charge in [0.05, 0.1) is 6.04 Å². The smallest absolute Gasteiger partial charge is 0.325 e. The number of hydrogen-bond donors (Lipinski definition) is 8. The first-order valence-electron chi connectivity index (χ1n) is 11.6. The molecular formula is C23H35N7O7. The molecule has 0 aliphatic rings. The largest absolute Gasteiger partial charge is 0.481 e. The van der Waals surface area contributed by atoms with Gasteiger partial charge in [0, 0.05) is 13.0 Å². The van der Waals surface area contributed by atoms with Crippen molar-refractivity contribution in [2.75, 3.05) is 6.54 Å². The van der Waals surface area contributed by atoms with Crippen molar-refractivity contribution in [3.05, 3.63) is 35.9 Å². The predicted octanol–water partition coefficient (Wildman–Crippen LogP) is -1.97. The number of carbonyl (C=O) groups excluding carboxylic acids is 3. The SMILES string of the molecule is CC(NC(=O)C(CCCN=C(N)N)NC(=O)C(CCC(=O)O)NC(=O)C(N)Cc1ccccc1)C(=O)O. The molecule has 0 bridgehead atoms. The number of nitrogens with one attached hydrogen (secondary N) is 3. The summed E-state index contributed by atoms with van der Waals surface area (Å²) in [5, 5.41) is 25.3. The molecular weight excluding hydrogens is 486 g/mol.